The predicted molar refractivity (Wildman–Crippen MR) is 76.2 cm³/mol. The van der Waals surface area contributed by atoms with Crippen LogP contribution >= 0.6 is 12.4 Å². The highest BCUT2D eigenvalue weighted by Crippen LogP contribution is 2.24. The van der Waals surface area contributed by atoms with Gasteiger partial charge in [-0.15, -0.1) is 12.4 Å². The summed E-state index contributed by atoms with van der Waals surface area (Å²) in [6, 6.07) is 3.73. The van der Waals surface area contributed by atoms with Crippen LogP contribution in [0.15, 0.2) is 18.3 Å². The van der Waals surface area contributed by atoms with E-state index in [9.17, 15) is 4.79 Å². The molecule has 4 nitrogen and oxygen atoms in total. The average molecular weight is 270 g/mol. The van der Waals surface area contributed by atoms with Crippen molar-refractivity contribution < 1.29 is 4.79 Å². The van der Waals surface area contributed by atoms with Crippen LogP contribution in [0, 0.1) is 5.92 Å². The van der Waals surface area contributed by atoms with E-state index in [2.05, 4.69) is 15.6 Å². The van der Waals surface area contributed by atoms with Crippen molar-refractivity contribution in [2.75, 3.05) is 17.7 Å². The first-order chi connectivity index (χ1) is 8.29. The van der Waals surface area contributed by atoms with Crippen molar-refractivity contribution in [2.24, 2.45) is 5.92 Å². The van der Waals surface area contributed by atoms with Gasteiger partial charge >= 0.3 is 0 Å². The lowest BCUT2D eigenvalue weighted by Gasteiger charge is -2.20. The van der Waals surface area contributed by atoms with Gasteiger partial charge in [-0.2, -0.15) is 0 Å². The zero-order valence-corrected chi connectivity index (χ0v) is 11.4. The lowest BCUT2D eigenvalue weighted by atomic mass is 9.88. The Morgan fingerprint density at radius 2 is 2.00 bits per heavy atom. The summed E-state index contributed by atoms with van der Waals surface area (Å²) in [5, 5.41) is 5.88. The van der Waals surface area contributed by atoms with Gasteiger partial charge in [0, 0.05) is 13.0 Å². The van der Waals surface area contributed by atoms with Gasteiger partial charge in [0.1, 0.15) is 5.82 Å². The van der Waals surface area contributed by atoms with E-state index in [1.807, 2.05) is 19.2 Å². The standard InChI is InChI=1S/C13H19N3O.ClH/c1-14-12-8-7-11(9-15-12)16-13(17)10-5-3-2-4-6-10;/h7-10H,2-6H2,1H3,(H,14,15)(H,16,17);1H. The van der Waals surface area contributed by atoms with Crippen molar-refractivity contribution in [2.45, 2.75) is 32.1 Å². The highest BCUT2D eigenvalue weighted by molar-refractivity contribution is 5.92. The number of aromatic nitrogens is 1. The molecular weight excluding hydrogens is 250 g/mol. The van der Waals surface area contributed by atoms with Crippen molar-refractivity contribution in [1.82, 2.24) is 4.98 Å². The molecule has 1 fully saturated rings. The number of amides is 1. The molecule has 0 unspecified atom stereocenters. The highest BCUT2D eigenvalue weighted by Gasteiger charge is 2.20. The normalized spacial score (nSPS) is 15.6. The molecule has 1 aromatic heterocycles. The molecular formula is C13H20ClN3O. The van der Waals surface area contributed by atoms with Crippen LogP contribution in [0.25, 0.3) is 0 Å². The molecule has 5 heteroatoms. The van der Waals surface area contributed by atoms with E-state index in [1.54, 1.807) is 6.20 Å². The van der Waals surface area contributed by atoms with Crippen LogP contribution in [-0.4, -0.2) is 17.9 Å². The average Bonchev–Trinajstić information content (AvgIpc) is 2.40. The molecule has 2 rings (SSSR count). The van der Waals surface area contributed by atoms with Crippen molar-refractivity contribution in [3.8, 4) is 0 Å². The van der Waals surface area contributed by atoms with Crippen LogP contribution in [0.1, 0.15) is 32.1 Å². The number of nitrogens with zero attached hydrogens (tertiary/aromatic N) is 1. The number of halogens is 1. The van der Waals surface area contributed by atoms with E-state index in [4.69, 9.17) is 0 Å². The molecule has 0 aromatic carbocycles. The molecule has 0 saturated heterocycles. The van der Waals surface area contributed by atoms with Gasteiger partial charge < -0.3 is 10.6 Å². The minimum atomic E-state index is 0. The number of anilines is 2. The molecule has 1 heterocycles. The number of pyridine rings is 1. The van der Waals surface area contributed by atoms with Gasteiger partial charge in [0.2, 0.25) is 5.91 Å². The molecule has 0 aliphatic heterocycles. The largest absolute Gasteiger partial charge is 0.373 e. The zero-order valence-electron chi connectivity index (χ0n) is 10.6. The summed E-state index contributed by atoms with van der Waals surface area (Å²) >= 11 is 0. The zero-order chi connectivity index (χ0) is 12.1. The molecule has 0 radical (unpaired) electrons. The lowest BCUT2D eigenvalue weighted by molar-refractivity contribution is -0.120. The molecule has 1 aromatic rings. The number of rotatable bonds is 3. The fourth-order valence-corrected chi connectivity index (χ4v) is 2.22. The van der Waals surface area contributed by atoms with Gasteiger partial charge in [-0.05, 0) is 25.0 Å². The molecule has 1 amide bonds. The van der Waals surface area contributed by atoms with E-state index < -0.39 is 0 Å². The molecule has 2 N–H and O–H groups in total. The second-order valence-electron chi connectivity index (χ2n) is 4.51. The summed E-state index contributed by atoms with van der Waals surface area (Å²) in [5.74, 6) is 1.14. The fraction of sp³-hybridized carbons (Fsp3) is 0.538. The summed E-state index contributed by atoms with van der Waals surface area (Å²) in [7, 11) is 1.82. The Labute approximate surface area is 114 Å². The number of hydrogen-bond acceptors (Lipinski definition) is 3. The fourth-order valence-electron chi connectivity index (χ4n) is 2.22. The third-order valence-electron chi connectivity index (χ3n) is 3.26. The first kappa shape index (κ1) is 14.8. The Morgan fingerprint density at radius 1 is 1.28 bits per heavy atom. The Kier molecular flexibility index (Phi) is 5.92. The number of carbonyl (C=O) groups is 1. The Bertz CT molecular complexity index is 374. The summed E-state index contributed by atoms with van der Waals surface area (Å²) in [5.41, 5.74) is 0.777. The molecule has 0 atom stereocenters. The SMILES string of the molecule is CNc1ccc(NC(=O)C2CCCCC2)cn1.Cl. The Balaban J connectivity index is 0.00000162. The van der Waals surface area contributed by atoms with E-state index in [-0.39, 0.29) is 24.2 Å². The van der Waals surface area contributed by atoms with Gasteiger partial charge in [0.05, 0.1) is 11.9 Å². The summed E-state index contributed by atoms with van der Waals surface area (Å²) < 4.78 is 0. The molecule has 1 aliphatic rings. The van der Waals surface area contributed by atoms with E-state index in [0.29, 0.717) is 0 Å². The molecule has 18 heavy (non-hydrogen) atoms. The maximum Gasteiger partial charge on any atom is 0.227 e. The number of nitrogens with one attached hydrogen (secondary N) is 2. The number of carbonyl (C=O) groups excluding carboxylic acids is 1. The van der Waals surface area contributed by atoms with Crippen molar-refractivity contribution in [3.05, 3.63) is 18.3 Å². The Morgan fingerprint density at radius 3 is 2.56 bits per heavy atom. The van der Waals surface area contributed by atoms with Crippen LogP contribution in [-0.2, 0) is 4.79 Å². The second kappa shape index (κ2) is 7.21. The van der Waals surface area contributed by atoms with Crippen LogP contribution in [0.5, 0.6) is 0 Å². The van der Waals surface area contributed by atoms with Crippen LogP contribution in [0.3, 0.4) is 0 Å². The van der Waals surface area contributed by atoms with Crippen LogP contribution in [0.2, 0.25) is 0 Å². The van der Waals surface area contributed by atoms with E-state index >= 15 is 0 Å². The molecule has 0 spiro atoms. The molecule has 1 saturated carbocycles. The topological polar surface area (TPSA) is 54.0 Å². The summed E-state index contributed by atoms with van der Waals surface area (Å²) in [4.78, 5) is 16.1. The van der Waals surface area contributed by atoms with E-state index in [1.165, 1.54) is 19.3 Å². The predicted octanol–water partition coefficient (Wildman–Crippen LogP) is 3.06. The first-order valence-corrected chi connectivity index (χ1v) is 6.24. The van der Waals surface area contributed by atoms with Crippen molar-refractivity contribution in [1.29, 1.82) is 0 Å². The molecule has 1 aliphatic carbocycles. The third-order valence-corrected chi connectivity index (χ3v) is 3.26. The summed E-state index contributed by atoms with van der Waals surface area (Å²) in [6.07, 6.45) is 7.35. The first-order valence-electron chi connectivity index (χ1n) is 6.24. The molecule has 0 bridgehead atoms. The smallest absolute Gasteiger partial charge is 0.227 e. The van der Waals surface area contributed by atoms with Gasteiger partial charge in [-0.25, -0.2) is 4.98 Å². The van der Waals surface area contributed by atoms with Crippen molar-refractivity contribution in [3.63, 3.8) is 0 Å². The van der Waals surface area contributed by atoms with E-state index in [0.717, 1.165) is 24.3 Å². The maximum absolute atomic E-state index is 12.0. The van der Waals surface area contributed by atoms with Gasteiger partial charge in [0.25, 0.3) is 0 Å². The van der Waals surface area contributed by atoms with Crippen LogP contribution in [0.4, 0.5) is 11.5 Å². The highest BCUT2D eigenvalue weighted by atomic mass is 35.5. The Hall–Kier alpha value is -1.29. The van der Waals surface area contributed by atoms with Gasteiger partial charge in [-0.3, -0.25) is 4.79 Å². The minimum Gasteiger partial charge on any atom is -0.373 e. The number of hydrogen-bond donors (Lipinski definition) is 2. The monoisotopic (exact) mass is 269 g/mol. The van der Waals surface area contributed by atoms with Crippen LogP contribution < -0.4 is 10.6 Å². The molecule has 100 valence electrons. The second-order valence-corrected chi connectivity index (χ2v) is 4.51. The van der Waals surface area contributed by atoms with Gasteiger partial charge in [-0.1, -0.05) is 19.3 Å². The maximum atomic E-state index is 12.0. The summed E-state index contributed by atoms with van der Waals surface area (Å²) in [6.45, 7) is 0. The van der Waals surface area contributed by atoms with Gasteiger partial charge in [0.15, 0.2) is 0 Å². The third kappa shape index (κ3) is 3.88. The minimum absolute atomic E-state index is 0. The lowest BCUT2D eigenvalue weighted by Crippen LogP contribution is -2.24. The quantitative estimate of drug-likeness (QED) is 0.887. The van der Waals surface area contributed by atoms with Crippen molar-refractivity contribution >= 4 is 29.8 Å².